The highest BCUT2D eigenvalue weighted by molar-refractivity contribution is 7.20. The predicted molar refractivity (Wildman–Crippen MR) is 118 cm³/mol. The fourth-order valence-corrected chi connectivity index (χ4v) is 4.17. The maximum atomic E-state index is 12.6. The number of nitrogens with one attached hydrogen (secondary N) is 1. The molecule has 0 aliphatic carbocycles. The van der Waals surface area contributed by atoms with E-state index < -0.39 is 0 Å². The predicted octanol–water partition coefficient (Wildman–Crippen LogP) is 3.20. The SMILES string of the molecule is CCN(CC)c1ccc(/C=N\NC(=O)c2sc3ncnc(N)c3c2C)c(OC)c1. The second kappa shape index (κ2) is 8.87. The number of aryl methyl sites for hydroxylation is 1. The summed E-state index contributed by atoms with van der Waals surface area (Å²) in [6.45, 7) is 7.86. The van der Waals surface area contributed by atoms with Gasteiger partial charge in [-0.05, 0) is 38.5 Å². The first-order valence-corrected chi connectivity index (χ1v) is 10.1. The summed E-state index contributed by atoms with van der Waals surface area (Å²) >= 11 is 1.26. The lowest BCUT2D eigenvalue weighted by Crippen LogP contribution is -2.21. The molecule has 1 aromatic carbocycles. The van der Waals surface area contributed by atoms with Crippen LogP contribution in [0.3, 0.4) is 0 Å². The lowest BCUT2D eigenvalue weighted by molar-refractivity contribution is 0.0958. The third-order valence-electron chi connectivity index (χ3n) is 4.68. The summed E-state index contributed by atoms with van der Waals surface area (Å²) < 4.78 is 5.48. The second-order valence-electron chi connectivity index (χ2n) is 6.29. The van der Waals surface area contributed by atoms with Gasteiger partial charge in [0.1, 0.15) is 22.7 Å². The number of fused-ring (bicyclic) bond motifs is 1. The number of amides is 1. The molecule has 0 atom stereocenters. The number of hydrogen-bond donors (Lipinski definition) is 2. The van der Waals surface area contributed by atoms with Crippen LogP contribution in [0.1, 0.15) is 34.6 Å². The minimum Gasteiger partial charge on any atom is -0.496 e. The van der Waals surface area contributed by atoms with Crippen LogP contribution >= 0.6 is 11.3 Å². The summed E-state index contributed by atoms with van der Waals surface area (Å²) in [5.41, 5.74) is 11.1. The van der Waals surface area contributed by atoms with Crippen molar-refractivity contribution in [3.8, 4) is 5.75 Å². The van der Waals surface area contributed by atoms with Crippen molar-refractivity contribution in [3.05, 3.63) is 40.5 Å². The number of rotatable bonds is 7. The second-order valence-corrected chi connectivity index (χ2v) is 7.29. The number of nitrogen functional groups attached to an aromatic ring is 1. The number of nitrogens with two attached hydrogens (primary N) is 1. The number of carbonyl (C=O) groups is 1. The van der Waals surface area contributed by atoms with Gasteiger partial charge in [0.15, 0.2) is 0 Å². The van der Waals surface area contributed by atoms with Crippen LogP contribution in [0.4, 0.5) is 11.5 Å². The highest BCUT2D eigenvalue weighted by atomic mass is 32.1. The number of nitrogens with zero attached hydrogens (tertiary/aromatic N) is 4. The van der Waals surface area contributed by atoms with Crippen LogP contribution in [0.2, 0.25) is 0 Å². The maximum absolute atomic E-state index is 12.6. The third kappa shape index (κ3) is 4.14. The molecular weight excluding hydrogens is 388 g/mol. The molecular formula is C20H24N6O2S. The highest BCUT2D eigenvalue weighted by Crippen LogP contribution is 2.31. The maximum Gasteiger partial charge on any atom is 0.281 e. The Morgan fingerprint density at radius 1 is 1.34 bits per heavy atom. The molecule has 0 saturated carbocycles. The van der Waals surface area contributed by atoms with Gasteiger partial charge in [0.05, 0.1) is 23.6 Å². The van der Waals surface area contributed by atoms with E-state index >= 15 is 0 Å². The smallest absolute Gasteiger partial charge is 0.281 e. The molecule has 0 bridgehead atoms. The van der Waals surface area contributed by atoms with Crippen LogP contribution in [0, 0.1) is 6.92 Å². The van der Waals surface area contributed by atoms with Crippen molar-refractivity contribution in [1.29, 1.82) is 0 Å². The first-order valence-electron chi connectivity index (χ1n) is 9.26. The van der Waals surface area contributed by atoms with E-state index in [0.717, 1.165) is 29.9 Å². The molecule has 0 unspecified atom stereocenters. The van der Waals surface area contributed by atoms with Crippen molar-refractivity contribution >= 4 is 45.2 Å². The Morgan fingerprint density at radius 3 is 2.76 bits per heavy atom. The monoisotopic (exact) mass is 412 g/mol. The molecule has 0 radical (unpaired) electrons. The van der Waals surface area contributed by atoms with Crippen molar-refractivity contribution in [2.24, 2.45) is 5.10 Å². The lowest BCUT2D eigenvalue weighted by atomic mass is 10.2. The Hall–Kier alpha value is -3.20. The largest absolute Gasteiger partial charge is 0.496 e. The van der Waals surface area contributed by atoms with Gasteiger partial charge >= 0.3 is 0 Å². The van der Waals surface area contributed by atoms with Gasteiger partial charge in [-0.25, -0.2) is 15.4 Å². The minimum absolute atomic E-state index is 0.320. The van der Waals surface area contributed by atoms with Crippen molar-refractivity contribution < 1.29 is 9.53 Å². The van der Waals surface area contributed by atoms with E-state index in [4.69, 9.17) is 10.5 Å². The molecule has 3 N–H and O–H groups in total. The molecule has 2 heterocycles. The minimum atomic E-state index is -0.320. The molecule has 8 nitrogen and oxygen atoms in total. The average Bonchev–Trinajstić information content (AvgIpc) is 3.07. The zero-order valence-corrected chi connectivity index (χ0v) is 17.7. The molecule has 2 aromatic heterocycles. The van der Waals surface area contributed by atoms with Crippen molar-refractivity contribution in [2.45, 2.75) is 20.8 Å². The molecule has 3 aromatic rings. The molecule has 1 amide bonds. The molecule has 152 valence electrons. The van der Waals surface area contributed by atoms with E-state index in [1.165, 1.54) is 17.7 Å². The summed E-state index contributed by atoms with van der Waals surface area (Å²) in [6, 6.07) is 5.90. The number of carbonyl (C=O) groups excluding carboxylic acids is 1. The topological polar surface area (TPSA) is 106 Å². The molecule has 0 spiro atoms. The molecule has 29 heavy (non-hydrogen) atoms. The van der Waals surface area contributed by atoms with E-state index in [-0.39, 0.29) is 5.91 Å². The van der Waals surface area contributed by atoms with E-state index in [1.807, 2.05) is 25.1 Å². The zero-order chi connectivity index (χ0) is 21.0. The van der Waals surface area contributed by atoms with Crippen LogP contribution in [-0.2, 0) is 0 Å². The van der Waals surface area contributed by atoms with E-state index in [1.54, 1.807) is 13.3 Å². The van der Waals surface area contributed by atoms with Crippen LogP contribution < -0.4 is 20.8 Å². The number of hydrogen-bond acceptors (Lipinski definition) is 8. The number of benzene rings is 1. The van der Waals surface area contributed by atoms with E-state index in [0.29, 0.717) is 26.7 Å². The third-order valence-corrected chi connectivity index (χ3v) is 5.88. The first kappa shape index (κ1) is 20.5. The highest BCUT2D eigenvalue weighted by Gasteiger charge is 2.18. The quantitative estimate of drug-likeness (QED) is 0.456. The van der Waals surface area contributed by atoms with Gasteiger partial charge in [-0.15, -0.1) is 11.3 Å². The van der Waals surface area contributed by atoms with Crippen molar-refractivity contribution in [3.63, 3.8) is 0 Å². The number of methoxy groups -OCH3 is 1. The Balaban J connectivity index is 1.78. The normalized spacial score (nSPS) is 11.2. The number of aromatic nitrogens is 2. The summed E-state index contributed by atoms with van der Waals surface area (Å²) in [7, 11) is 1.61. The van der Waals surface area contributed by atoms with E-state index in [2.05, 4.69) is 39.2 Å². The molecule has 0 aliphatic heterocycles. The Kier molecular flexibility index (Phi) is 6.28. The molecule has 0 fully saturated rings. The van der Waals surface area contributed by atoms with Crippen LogP contribution in [-0.4, -0.2) is 42.3 Å². The van der Waals surface area contributed by atoms with Gasteiger partial charge in [-0.3, -0.25) is 4.79 Å². The first-order chi connectivity index (χ1) is 14.0. The fourth-order valence-electron chi connectivity index (χ4n) is 3.12. The van der Waals surface area contributed by atoms with Gasteiger partial charge in [-0.1, -0.05) is 0 Å². The molecule has 0 aliphatic rings. The van der Waals surface area contributed by atoms with Gasteiger partial charge in [0.25, 0.3) is 5.91 Å². The Bertz CT molecular complexity index is 1060. The number of anilines is 2. The number of ether oxygens (including phenoxy) is 1. The van der Waals surface area contributed by atoms with Crippen LogP contribution in [0.25, 0.3) is 10.2 Å². The standard InChI is InChI=1S/C20H24N6O2S/c1-5-26(6-2)14-8-7-13(15(9-14)28-4)10-24-25-19(27)17-12(3)16-18(21)22-11-23-20(16)29-17/h7-11H,5-6H2,1-4H3,(H,25,27)(H2,21,22,23)/b24-10-. The molecule has 9 heteroatoms. The fraction of sp³-hybridized carbons (Fsp3) is 0.300. The van der Waals surface area contributed by atoms with Crippen LogP contribution in [0.5, 0.6) is 5.75 Å². The summed E-state index contributed by atoms with van der Waals surface area (Å²) in [5, 5.41) is 4.80. The Labute approximate surface area is 173 Å². The van der Waals surface area contributed by atoms with Gasteiger partial charge < -0.3 is 15.4 Å². The molecule has 3 rings (SSSR count). The summed E-state index contributed by atoms with van der Waals surface area (Å²) in [4.78, 5) is 24.2. The van der Waals surface area contributed by atoms with Gasteiger partial charge in [0.2, 0.25) is 0 Å². The zero-order valence-electron chi connectivity index (χ0n) is 16.9. The van der Waals surface area contributed by atoms with Gasteiger partial charge in [0, 0.05) is 30.4 Å². The van der Waals surface area contributed by atoms with Gasteiger partial charge in [-0.2, -0.15) is 5.10 Å². The van der Waals surface area contributed by atoms with Crippen LogP contribution in [0.15, 0.2) is 29.6 Å². The lowest BCUT2D eigenvalue weighted by Gasteiger charge is -2.21. The average molecular weight is 413 g/mol. The Morgan fingerprint density at radius 2 is 2.10 bits per heavy atom. The van der Waals surface area contributed by atoms with E-state index in [9.17, 15) is 4.79 Å². The number of thiophene rings is 1. The summed E-state index contributed by atoms with van der Waals surface area (Å²) in [6.07, 6.45) is 2.96. The number of hydrazone groups is 1. The molecule has 0 saturated heterocycles. The van der Waals surface area contributed by atoms with Crippen molar-refractivity contribution in [1.82, 2.24) is 15.4 Å². The van der Waals surface area contributed by atoms with Crippen molar-refractivity contribution in [2.75, 3.05) is 30.8 Å². The summed E-state index contributed by atoms with van der Waals surface area (Å²) in [5.74, 6) is 0.734.